The first-order chi connectivity index (χ1) is 7.58. The van der Waals surface area contributed by atoms with Crippen LogP contribution in [0, 0.1) is 6.92 Å². The van der Waals surface area contributed by atoms with Crippen LogP contribution in [-0.4, -0.2) is 26.6 Å². The number of rotatable bonds is 4. The molecule has 17 heavy (non-hydrogen) atoms. The minimum absolute atomic E-state index is 0.660. The standard InChI is InChI=1S/C11H22N2O2Si2/c1-9-10(14-16(2,3)4)12-8-13-11(9)15-17(5,6)7/h8H,1-7H3. The van der Waals surface area contributed by atoms with Gasteiger partial charge in [-0.2, -0.15) is 0 Å². The molecule has 0 aliphatic carbocycles. The largest absolute Gasteiger partial charge is 0.531 e. The summed E-state index contributed by atoms with van der Waals surface area (Å²) < 4.78 is 11.8. The lowest BCUT2D eigenvalue weighted by atomic mass is 10.3. The average Bonchev–Trinajstić information content (AvgIpc) is 2.07. The van der Waals surface area contributed by atoms with Crippen LogP contribution in [0.15, 0.2) is 6.33 Å². The molecule has 1 heterocycles. The highest BCUT2D eigenvalue weighted by Gasteiger charge is 2.23. The van der Waals surface area contributed by atoms with Crippen molar-refractivity contribution in [2.75, 3.05) is 0 Å². The van der Waals surface area contributed by atoms with E-state index < -0.39 is 16.6 Å². The molecule has 6 heteroatoms. The molecule has 1 aromatic rings. The fraction of sp³-hybridized carbons (Fsp3) is 0.636. The predicted octanol–water partition coefficient (Wildman–Crippen LogP) is 3.21. The Morgan fingerprint density at radius 1 is 0.824 bits per heavy atom. The van der Waals surface area contributed by atoms with E-state index in [1.165, 1.54) is 6.33 Å². The molecular formula is C11H22N2O2Si2. The maximum absolute atomic E-state index is 5.91. The van der Waals surface area contributed by atoms with Crippen LogP contribution in [0.25, 0.3) is 0 Å². The van der Waals surface area contributed by atoms with Crippen LogP contribution in [0.5, 0.6) is 11.8 Å². The molecule has 1 aromatic heterocycles. The lowest BCUT2D eigenvalue weighted by Crippen LogP contribution is -2.32. The van der Waals surface area contributed by atoms with Crippen LogP contribution in [0.3, 0.4) is 0 Å². The van der Waals surface area contributed by atoms with E-state index in [1.807, 2.05) is 6.92 Å². The Morgan fingerprint density at radius 3 is 1.47 bits per heavy atom. The zero-order valence-corrected chi connectivity index (χ0v) is 13.8. The topological polar surface area (TPSA) is 44.2 Å². The van der Waals surface area contributed by atoms with Crippen molar-refractivity contribution in [2.24, 2.45) is 0 Å². The molecule has 0 N–H and O–H groups in total. The minimum atomic E-state index is -1.65. The zero-order chi connectivity index (χ0) is 13.3. The van der Waals surface area contributed by atoms with E-state index in [0.29, 0.717) is 11.8 Å². The smallest absolute Gasteiger partial charge is 0.244 e. The van der Waals surface area contributed by atoms with Gasteiger partial charge in [-0.25, -0.2) is 9.97 Å². The Labute approximate surface area is 106 Å². The van der Waals surface area contributed by atoms with Crippen molar-refractivity contribution >= 4 is 16.6 Å². The maximum Gasteiger partial charge on any atom is 0.244 e. The van der Waals surface area contributed by atoms with Gasteiger partial charge in [-0.05, 0) is 46.2 Å². The second kappa shape index (κ2) is 4.77. The van der Waals surface area contributed by atoms with Crippen molar-refractivity contribution < 1.29 is 8.85 Å². The first-order valence-corrected chi connectivity index (χ1v) is 12.6. The quantitative estimate of drug-likeness (QED) is 0.788. The summed E-state index contributed by atoms with van der Waals surface area (Å²) in [7, 11) is -3.29. The summed E-state index contributed by atoms with van der Waals surface area (Å²) in [6.07, 6.45) is 1.51. The summed E-state index contributed by atoms with van der Waals surface area (Å²) in [6.45, 7) is 14.7. The van der Waals surface area contributed by atoms with Crippen molar-refractivity contribution in [1.82, 2.24) is 9.97 Å². The first-order valence-electron chi connectivity index (χ1n) is 5.78. The van der Waals surface area contributed by atoms with Crippen LogP contribution in [0.4, 0.5) is 0 Å². The van der Waals surface area contributed by atoms with E-state index in [0.717, 1.165) is 5.56 Å². The van der Waals surface area contributed by atoms with Crippen molar-refractivity contribution in [1.29, 1.82) is 0 Å². The summed E-state index contributed by atoms with van der Waals surface area (Å²) in [5.74, 6) is 1.32. The van der Waals surface area contributed by atoms with Crippen LogP contribution in [0.2, 0.25) is 39.3 Å². The normalized spacial score (nSPS) is 12.4. The number of nitrogens with zero attached hydrogens (tertiary/aromatic N) is 2. The monoisotopic (exact) mass is 270 g/mol. The third kappa shape index (κ3) is 4.87. The number of hydrogen-bond donors (Lipinski definition) is 0. The van der Waals surface area contributed by atoms with E-state index in [9.17, 15) is 0 Å². The molecule has 4 nitrogen and oxygen atoms in total. The van der Waals surface area contributed by atoms with Gasteiger partial charge in [-0.15, -0.1) is 0 Å². The molecule has 0 bridgehead atoms. The molecule has 96 valence electrons. The molecule has 1 rings (SSSR count). The maximum atomic E-state index is 5.91. The molecule has 0 amide bonds. The fourth-order valence-corrected chi connectivity index (χ4v) is 2.78. The van der Waals surface area contributed by atoms with E-state index in [4.69, 9.17) is 8.85 Å². The molecule has 0 aromatic carbocycles. The van der Waals surface area contributed by atoms with Crippen molar-refractivity contribution in [3.05, 3.63) is 11.9 Å². The lowest BCUT2D eigenvalue weighted by molar-refractivity contribution is 0.492. The average molecular weight is 270 g/mol. The highest BCUT2D eigenvalue weighted by molar-refractivity contribution is 6.70. The van der Waals surface area contributed by atoms with Crippen LogP contribution in [0.1, 0.15) is 5.56 Å². The lowest BCUT2D eigenvalue weighted by Gasteiger charge is -2.23. The van der Waals surface area contributed by atoms with Gasteiger partial charge in [0.1, 0.15) is 6.33 Å². The number of hydrogen-bond acceptors (Lipinski definition) is 4. The van der Waals surface area contributed by atoms with Gasteiger partial charge in [0, 0.05) is 0 Å². The molecule has 0 unspecified atom stereocenters. The van der Waals surface area contributed by atoms with Crippen molar-refractivity contribution in [3.8, 4) is 11.8 Å². The van der Waals surface area contributed by atoms with E-state index in [1.54, 1.807) is 0 Å². The van der Waals surface area contributed by atoms with Gasteiger partial charge in [0.25, 0.3) is 0 Å². The fourth-order valence-electron chi connectivity index (χ4n) is 1.20. The Bertz CT molecular complexity index is 363. The Balaban J connectivity index is 3.00. The predicted molar refractivity (Wildman–Crippen MR) is 74.7 cm³/mol. The zero-order valence-electron chi connectivity index (χ0n) is 11.8. The van der Waals surface area contributed by atoms with Gasteiger partial charge in [0.2, 0.25) is 28.4 Å². The molecule has 0 saturated carbocycles. The SMILES string of the molecule is Cc1c(O[Si](C)(C)C)ncnc1O[Si](C)(C)C. The third-order valence-electron chi connectivity index (χ3n) is 1.80. The van der Waals surface area contributed by atoms with Crippen molar-refractivity contribution in [2.45, 2.75) is 46.2 Å². The van der Waals surface area contributed by atoms with Crippen LogP contribution >= 0.6 is 0 Å². The summed E-state index contributed by atoms with van der Waals surface area (Å²) in [6, 6.07) is 0. The van der Waals surface area contributed by atoms with E-state index in [-0.39, 0.29) is 0 Å². The summed E-state index contributed by atoms with van der Waals surface area (Å²) in [5.41, 5.74) is 0.900. The second-order valence-corrected chi connectivity index (χ2v) is 14.9. The summed E-state index contributed by atoms with van der Waals surface area (Å²) in [4.78, 5) is 8.38. The first kappa shape index (κ1) is 14.2. The molecule has 0 aliphatic rings. The van der Waals surface area contributed by atoms with E-state index in [2.05, 4.69) is 49.3 Å². The summed E-state index contributed by atoms with van der Waals surface area (Å²) in [5, 5.41) is 0. The second-order valence-electron chi connectivity index (χ2n) is 6.04. The molecule has 0 saturated heterocycles. The molecular weight excluding hydrogens is 248 g/mol. The molecule has 0 radical (unpaired) electrons. The molecule has 0 aliphatic heterocycles. The Kier molecular flexibility index (Phi) is 3.98. The molecule has 0 spiro atoms. The van der Waals surface area contributed by atoms with Gasteiger partial charge in [0.05, 0.1) is 5.56 Å². The van der Waals surface area contributed by atoms with Gasteiger partial charge in [-0.1, -0.05) is 0 Å². The van der Waals surface area contributed by atoms with Gasteiger partial charge in [0.15, 0.2) is 0 Å². The highest BCUT2D eigenvalue weighted by Crippen LogP contribution is 2.26. The van der Waals surface area contributed by atoms with Crippen LogP contribution < -0.4 is 8.85 Å². The Morgan fingerprint density at radius 2 is 1.18 bits per heavy atom. The van der Waals surface area contributed by atoms with Gasteiger partial charge < -0.3 is 8.85 Å². The van der Waals surface area contributed by atoms with Gasteiger partial charge in [-0.3, -0.25) is 0 Å². The number of aromatic nitrogens is 2. The van der Waals surface area contributed by atoms with E-state index >= 15 is 0 Å². The minimum Gasteiger partial charge on any atom is -0.531 e. The summed E-state index contributed by atoms with van der Waals surface area (Å²) >= 11 is 0. The van der Waals surface area contributed by atoms with Crippen LogP contribution in [-0.2, 0) is 0 Å². The van der Waals surface area contributed by atoms with Gasteiger partial charge >= 0.3 is 0 Å². The molecule has 0 atom stereocenters. The molecule has 0 fully saturated rings. The highest BCUT2D eigenvalue weighted by atomic mass is 28.4. The van der Waals surface area contributed by atoms with Crippen molar-refractivity contribution in [3.63, 3.8) is 0 Å². The third-order valence-corrected chi connectivity index (χ3v) is 3.41. The Hall–Kier alpha value is -0.886.